The normalized spacial score (nSPS) is 11.6. The average Bonchev–Trinajstić information content (AvgIpc) is 1.86. The van der Waals surface area contributed by atoms with Crippen LogP contribution in [0.5, 0.6) is 0 Å². The van der Waals surface area contributed by atoms with Gasteiger partial charge in [0.2, 0.25) is 5.78 Å². The van der Waals surface area contributed by atoms with Gasteiger partial charge in [0.05, 0.1) is 6.54 Å². The number of hydrogen-bond donors (Lipinski definition) is 1. The standard InChI is InChI=1S/C6H11F2NO/c1-2-3-6(7,8)5(10)4-9/h2-4,9H2,1H3. The van der Waals surface area contributed by atoms with Crippen molar-refractivity contribution in [1.29, 1.82) is 0 Å². The van der Waals surface area contributed by atoms with Gasteiger partial charge in [0.1, 0.15) is 0 Å². The Morgan fingerprint density at radius 3 is 2.40 bits per heavy atom. The topological polar surface area (TPSA) is 43.1 Å². The monoisotopic (exact) mass is 151 g/mol. The Bertz CT molecular complexity index is 125. The fraction of sp³-hybridized carbons (Fsp3) is 0.833. The molecule has 0 heterocycles. The Hall–Kier alpha value is -0.510. The molecule has 0 bridgehead atoms. The van der Waals surface area contributed by atoms with Gasteiger partial charge in [-0.05, 0) is 6.42 Å². The van der Waals surface area contributed by atoms with Crippen LogP contribution in [0.3, 0.4) is 0 Å². The van der Waals surface area contributed by atoms with Crippen molar-refractivity contribution in [3.05, 3.63) is 0 Å². The van der Waals surface area contributed by atoms with Crippen LogP contribution in [0.2, 0.25) is 0 Å². The zero-order chi connectivity index (χ0) is 8.20. The first-order valence-corrected chi connectivity index (χ1v) is 3.15. The molecule has 0 aliphatic heterocycles. The Morgan fingerprint density at radius 1 is 1.60 bits per heavy atom. The fourth-order valence-electron chi connectivity index (χ4n) is 0.603. The zero-order valence-corrected chi connectivity index (χ0v) is 5.86. The van der Waals surface area contributed by atoms with E-state index in [0.29, 0.717) is 6.42 Å². The molecule has 0 aliphatic carbocycles. The van der Waals surface area contributed by atoms with Gasteiger partial charge in [0, 0.05) is 6.42 Å². The summed E-state index contributed by atoms with van der Waals surface area (Å²) in [5.74, 6) is -4.38. The molecule has 2 N–H and O–H groups in total. The number of nitrogens with two attached hydrogens (primary N) is 1. The van der Waals surface area contributed by atoms with Gasteiger partial charge in [0.25, 0.3) is 0 Å². The number of hydrogen-bond acceptors (Lipinski definition) is 2. The number of halogens is 2. The summed E-state index contributed by atoms with van der Waals surface area (Å²) in [4.78, 5) is 10.3. The highest BCUT2D eigenvalue weighted by Gasteiger charge is 2.35. The number of ketones is 1. The number of carbonyl (C=O) groups excluding carboxylic acids is 1. The Balaban J connectivity index is 3.96. The molecule has 10 heavy (non-hydrogen) atoms. The number of carbonyl (C=O) groups is 1. The lowest BCUT2D eigenvalue weighted by atomic mass is 10.1. The van der Waals surface area contributed by atoms with E-state index in [1.807, 2.05) is 0 Å². The van der Waals surface area contributed by atoms with E-state index in [2.05, 4.69) is 0 Å². The molecule has 0 spiro atoms. The molecule has 4 heteroatoms. The third-order valence-electron chi connectivity index (χ3n) is 1.16. The largest absolute Gasteiger partial charge is 0.324 e. The van der Waals surface area contributed by atoms with E-state index in [4.69, 9.17) is 5.73 Å². The molecular weight excluding hydrogens is 140 g/mol. The summed E-state index contributed by atoms with van der Waals surface area (Å²) in [7, 11) is 0. The van der Waals surface area contributed by atoms with Crippen LogP contribution < -0.4 is 5.73 Å². The summed E-state index contributed by atoms with van der Waals surface area (Å²) in [5.41, 5.74) is 4.76. The molecule has 0 unspecified atom stereocenters. The lowest BCUT2D eigenvalue weighted by Crippen LogP contribution is -2.34. The van der Waals surface area contributed by atoms with Crippen molar-refractivity contribution in [2.24, 2.45) is 5.73 Å². The fourth-order valence-corrected chi connectivity index (χ4v) is 0.603. The highest BCUT2D eigenvalue weighted by atomic mass is 19.3. The van der Waals surface area contributed by atoms with E-state index >= 15 is 0 Å². The summed E-state index contributed by atoms with van der Waals surface area (Å²) >= 11 is 0. The summed E-state index contributed by atoms with van der Waals surface area (Å²) in [5, 5.41) is 0. The molecule has 0 saturated carbocycles. The molecule has 0 aromatic carbocycles. The quantitative estimate of drug-likeness (QED) is 0.650. The van der Waals surface area contributed by atoms with Gasteiger partial charge in [0.15, 0.2) is 0 Å². The van der Waals surface area contributed by atoms with Crippen LogP contribution >= 0.6 is 0 Å². The summed E-state index contributed by atoms with van der Waals surface area (Å²) in [6.07, 6.45) is -0.109. The lowest BCUT2D eigenvalue weighted by Gasteiger charge is -2.11. The second kappa shape index (κ2) is 3.61. The van der Waals surface area contributed by atoms with E-state index in [1.54, 1.807) is 6.92 Å². The zero-order valence-electron chi connectivity index (χ0n) is 5.86. The van der Waals surface area contributed by atoms with Crippen LogP contribution in [-0.2, 0) is 4.79 Å². The molecule has 0 radical (unpaired) electrons. The van der Waals surface area contributed by atoms with Crippen molar-refractivity contribution in [3.8, 4) is 0 Å². The molecule has 0 saturated heterocycles. The van der Waals surface area contributed by atoms with Crippen LogP contribution in [-0.4, -0.2) is 18.3 Å². The minimum atomic E-state index is -3.20. The second-order valence-electron chi connectivity index (χ2n) is 2.08. The molecule has 0 amide bonds. The predicted octanol–water partition coefficient (Wildman–Crippen LogP) is 0.950. The smallest absolute Gasteiger partial charge is 0.306 e. The highest BCUT2D eigenvalue weighted by Crippen LogP contribution is 2.20. The van der Waals surface area contributed by atoms with Gasteiger partial charge in [-0.25, -0.2) is 0 Å². The number of Topliss-reactive ketones (excluding diaryl/α,β-unsaturated/α-hetero) is 1. The van der Waals surface area contributed by atoms with Gasteiger partial charge in [-0.3, -0.25) is 4.79 Å². The molecule has 0 aliphatic rings. The van der Waals surface area contributed by atoms with Gasteiger partial charge < -0.3 is 5.73 Å². The van der Waals surface area contributed by atoms with Crippen molar-refractivity contribution in [3.63, 3.8) is 0 Å². The SMILES string of the molecule is CCCC(F)(F)C(=O)CN. The molecule has 0 aromatic heterocycles. The third kappa shape index (κ3) is 2.39. The van der Waals surface area contributed by atoms with Crippen LogP contribution in [0.25, 0.3) is 0 Å². The Labute approximate surface area is 58.4 Å². The average molecular weight is 151 g/mol. The van der Waals surface area contributed by atoms with Crippen molar-refractivity contribution < 1.29 is 13.6 Å². The Morgan fingerprint density at radius 2 is 2.10 bits per heavy atom. The Kier molecular flexibility index (Phi) is 3.42. The first-order chi connectivity index (χ1) is 4.54. The van der Waals surface area contributed by atoms with Crippen LogP contribution in [0, 0.1) is 0 Å². The van der Waals surface area contributed by atoms with Crippen LogP contribution in [0.4, 0.5) is 8.78 Å². The minimum absolute atomic E-state index is 0.290. The van der Waals surface area contributed by atoms with Crippen molar-refractivity contribution in [1.82, 2.24) is 0 Å². The van der Waals surface area contributed by atoms with Crippen molar-refractivity contribution in [2.45, 2.75) is 25.7 Å². The summed E-state index contributed by atoms with van der Waals surface area (Å²) in [6, 6.07) is 0. The van der Waals surface area contributed by atoms with Gasteiger partial charge in [-0.15, -0.1) is 0 Å². The van der Waals surface area contributed by atoms with Crippen molar-refractivity contribution in [2.75, 3.05) is 6.54 Å². The third-order valence-corrected chi connectivity index (χ3v) is 1.16. The number of rotatable bonds is 4. The molecule has 0 rings (SSSR count). The molecule has 60 valence electrons. The molecule has 0 fully saturated rings. The first kappa shape index (κ1) is 9.49. The van der Waals surface area contributed by atoms with Crippen molar-refractivity contribution >= 4 is 5.78 Å². The van der Waals surface area contributed by atoms with Gasteiger partial charge in [-0.2, -0.15) is 8.78 Å². The first-order valence-electron chi connectivity index (χ1n) is 3.15. The molecule has 0 aromatic rings. The molecule has 0 atom stereocenters. The van der Waals surface area contributed by atoms with Gasteiger partial charge >= 0.3 is 5.92 Å². The van der Waals surface area contributed by atoms with E-state index in [1.165, 1.54) is 0 Å². The summed E-state index contributed by atoms with van der Waals surface area (Å²) in [6.45, 7) is 1.02. The second-order valence-corrected chi connectivity index (χ2v) is 2.08. The maximum atomic E-state index is 12.4. The molecular formula is C6H11F2NO. The maximum absolute atomic E-state index is 12.4. The van der Waals surface area contributed by atoms with E-state index in [-0.39, 0.29) is 0 Å². The summed E-state index contributed by atoms with van der Waals surface area (Å²) < 4.78 is 24.8. The molecule has 2 nitrogen and oxygen atoms in total. The number of alkyl halides is 2. The lowest BCUT2D eigenvalue weighted by molar-refractivity contribution is -0.142. The maximum Gasteiger partial charge on any atom is 0.306 e. The highest BCUT2D eigenvalue weighted by molar-refractivity contribution is 5.87. The van der Waals surface area contributed by atoms with Gasteiger partial charge in [-0.1, -0.05) is 6.92 Å². The van der Waals surface area contributed by atoms with E-state index < -0.39 is 24.7 Å². The minimum Gasteiger partial charge on any atom is -0.324 e. The van der Waals surface area contributed by atoms with Crippen LogP contribution in [0.1, 0.15) is 19.8 Å². The predicted molar refractivity (Wildman–Crippen MR) is 33.9 cm³/mol. The van der Waals surface area contributed by atoms with E-state index in [0.717, 1.165) is 0 Å². The van der Waals surface area contributed by atoms with E-state index in [9.17, 15) is 13.6 Å². The van der Waals surface area contributed by atoms with Crippen LogP contribution in [0.15, 0.2) is 0 Å².